The number of fused-ring (bicyclic) bond motifs is 1. The van der Waals surface area contributed by atoms with Crippen LogP contribution in [0.25, 0.3) is 10.2 Å². The van der Waals surface area contributed by atoms with Crippen LogP contribution in [-0.2, 0) is 4.79 Å². The number of nitrogens with zero attached hydrogens (tertiary/aromatic N) is 2. The van der Waals surface area contributed by atoms with Gasteiger partial charge in [0.25, 0.3) is 5.91 Å². The molecule has 5 nitrogen and oxygen atoms in total. The quantitative estimate of drug-likeness (QED) is 0.940. The predicted octanol–water partition coefficient (Wildman–Crippen LogP) is 2.67. The molecule has 0 aliphatic carbocycles. The summed E-state index contributed by atoms with van der Waals surface area (Å²) in [4.78, 5) is 31.3. The molecule has 2 aromatic rings. The van der Waals surface area contributed by atoms with E-state index in [1.54, 1.807) is 4.90 Å². The van der Waals surface area contributed by atoms with E-state index < -0.39 is 5.41 Å². The number of nitrogens with one attached hydrogen (secondary N) is 1. The van der Waals surface area contributed by atoms with E-state index in [1.807, 2.05) is 38.1 Å². The van der Waals surface area contributed by atoms with Crippen molar-refractivity contribution in [3.05, 3.63) is 29.3 Å². The second-order valence-electron chi connectivity index (χ2n) is 6.24. The first kappa shape index (κ1) is 15.9. The van der Waals surface area contributed by atoms with Gasteiger partial charge in [-0.1, -0.05) is 12.1 Å². The van der Waals surface area contributed by atoms with Gasteiger partial charge < -0.3 is 10.2 Å². The molecule has 23 heavy (non-hydrogen) atoms. The van der Waals surface area contributed by atoms with E-state index in [0.29, 0.717) is 24.6 Å². The van der Waals surface area contributed by atoms with E-state index in [1.165, 1.54) is 11.3 Å². The summed E-state index contributed by atoms with van der Waals surface area (Å²) >= 11 is 1.41. The Morgan fingerprint density at radius 3 is 2.91 bits per heavy atom. The largest absolute Gasteiger partial charge is 0.356 e. The van der Waals surface area contributed by atoms with Crippen molar-refractivity contribution in [1.82, 2.24) is 15.2 Å². The van der Waals surface area contributed by atoms with Gasteiger partial charge in [0.15, 0.2) is 5.01 Å². The Labute approximate surface area is 139 Å². The van der Waals surface area contributed by atoms with Crippen molar-refractivity contribution < 1.29 is 9.59 Å². The third-order valence-electron chi connectivity index (χ3n) is 4.35. The monoisotopic (exact) mass is 331 g/mol. The van der Waals surface area contributed by atoms with E-state index in [-0.39, 0.29) is 11.8 Å². The van der Waals surface area contributed by atoms with E-state index in [0.717, 1.165) is 23.1 Å². The summed E-state index contributed by atoms with van der Waals surface area (Å²) < 4.78 is 1.01. The third kappa shape index (κ3) is 3.08. The van der Waals surface area contributed by atoms with Crippen LogP contribution in [0.4, 0.5) is 0 Å². The van der Waals surface area contributed by atoms with Crippen molar-refractivity contribution in [1.29, 1.82) is 0 Å². The summed E-state index contributed by atoms with van der Waals surface area (Å²) in [5.74, 6) is -0.0387. The Bertz CT molecular complexity index is 709. The van der Waals surface area contributed by atoms with Gasteiger partial charge in [-0.3, -0.25) is 9.59 Å². The van der Waals surface area contributed by atoms with E-state index in [9.17, 15) is 9.59 Å². The van der Waals surface area contributed by atoms with Crippen LogP contribution in [0.1, 0.15) is 36.5 Å². The van der Waals surface area contributed by atoms with Gasteiger partial charge in [-0.25, -0.2) is 4.98 Å². The number of carbonyl (C=O) groups excluding carboxylic acids is 2. The summed E-state index contributed by atoms with van der Waals surface area (Å²) in [7, 11) is 0. The first-order chi connectivity index (χ1) is 11.0. The van der Waals surface area contributed by atoms with Gasteiger partial charge in [0.05, 0.1) is 15.6 Å². The first-order valence-electron chi connectivity index (χ1n) is 7.96. The van der Waals surface area contributed by atoms with Gasteiger partial charge in [-0.15, -0.1) is 11.3 Å². The molecule has 1 saturated heterocycles. The molecule has 1 fully saturated rings. The lowest BCUT2D eigenvalue weighted by molar-refractivity contribution is -0.132. The average molecular weight is 331 g/mol. The third-order valence-corrected chi connectivity index (χ3v) is 5.37. The number of hydrogen-bond acceptors (Lipinski definition) is 4. The standard InChI is InChI=1S/C17H21N3O2S/c1-3-18-16(22)17(2)9-6-10-20(11-17)15(21)14-19-12-7-4-5-8-13(12)23-14/h4-5,7-8H,3,6,9-11H2,1-2H3,(H,18,22). The van der Waals surface area contributed by atoms with Gasteiger partial charge >= 0.3 is 0 Å². The lowest BCUT2D eigenvalue weighted by atomic mass is 9.81. The molecule has 1 unspecified atom stereocenters. The van der Waals surface area contributed by atoms with Crippen molar-refractivity contribution in [3.8, 4) is 0 Å². The number of benzene rings is 1. The van der Waals surface area contributed by atoms with Gasteiger partial charge in [0, 0.05) is 19.6 Å². The number of thiazole rings is 1. The maximum absolute atomic E-state index is 12.8. The van der Waals surface area contributed by atoms with Crippen molar-refractivity contribution in [3.63, 3.8) is 0 Å². The van der Waals surface area contributed by atoms with Gasteiger partial charge in [0.2, 0.25) is 5.91 Å². The Morgan fingerprint density at radius 1 is 1.39 bits per heavy atom. The molecule has 6 heteroatoms. The van der Waals surface area contributed by atoms with Crippen LogP contribution in [0.2, 0.25) is 0 Å². The number of hydrogen-bond donors (Lipinski definition) is 1. The lowest BCUT2D eigenvalue weighted by Crippen LogP contribution is -2.51. The first-order valence-corrected chi connectivity index (χ1v) is 8.78. The summed E-state index contributed by atoms with van der Waals surface area (Å²) in [6.45, 7) is 5.60. The molecule has 0 radical (unpaired) electrons. The van der Waals surface area contributed by atoms with Crippen LogP contribution in [0.15, 0.2) is 24.3 Å². The maximum Gasteiger partial charge on any atom is 0.282 e. The fourth-order valence-corrected chi connectivity index (χ4v) is 4.00. The lowest BCUT2D eigenvalue weighted by Gasteiger charge is -2.38. The van der Waals surface area contributed by atoms with E-state index in [2.05, 4.69) is 10.3 Å². The molecule has 1 aliphatic heterocycles. The molecule has 0 spiro atoms. The van der Waals surface area contributed by atoms with Crippen molar-refractivity contribution in [2.45, 2.75) is 26.7 Å². The molecule has 1 atom stereocenters. The normalized spacial score (nSPS) is 21.4. The maximum atomic E-state index is 12.8. The molecule has 3 rings (SSSR count). The molecule has 2 amide bonds. The highest BCUT2D eigenvalue weighted by Gasteiger charge is 2.39. The molecule has 1 aromatic heterocycles. The number of rotatable bonds is 3. The van der Waals surface area contributed by atoms with Crippen LogP contribution in [0.5, 0.6) is 0 Å². The van der Waals surface area contributed by atoms with Crippen LogP contribution < -0.4 is 5.32 Å². The van der Waals surface area contributed by atoms with E-state index in [4.69, 9.17) is 0 Å². The summed E-state index contributed by atoms with van der Waals surface area (Å²) in [5, 5.41) is 3.39. The Hall–Kier alpha value is -1.95. The number of carbonyl (C=O) groups is 2. The van der Waals surface area contributed by atoms with Crippen LogP contribution in [0, 0.1) is 5.41 Å². The Balaban J connectivity index is 1.80. The molecule has 1 aromatic carbocycles. The van der Waals surface area contributed by atoms with Gasteiger partial charge in [0.1, 0.15) is 0 Å². The van der Waals surface area contributed by atoms with Crippen LogP contribution in [-0.4, -0.2) is 41.3 Å². The second-order valence-corrected chi connectivity index (χ2v) is 7.27. The molecular formula is C17H21N3O2S. The Morgan fingerprint density at radius 2 is 2.17 bits per heavy atom. The molecule has 0 saturated carbocycles. The van der Waals surface area contributed by atoms with Crippen LogP contribution in [0.3, 0.4) is 0 Å². The van der Waals surface area contributed by atoms with Crippen LogP contribution >= 0.6 is 11.3 Å². The smallest absolute Gasteiger partial charge is 0.282 e. The van der Waals surface area contributed by atoms with Gasteiger partial charge in [-0.2, -0.15) is 0 Å². The molecule has 1 N–H and O–H groups in total. The molecule has 2 heterocycles. The number of para-hydroxylation sites is 1. The number of aromatic nitrogens is 1. The zero-order valence-electron chi connectivity index (χ0n) is 13.5. The number of likely N-dealkylation sites (tertiary alicyclic amines) is 1. The van der Waals surface area contributed by atoms with Gasteiger partial charge in [-0.05, 0) is 38.8 Å². The SMILES string of the molecule is CCNC(=O)C1(C)CCCN(C(=O)c2nc3ccccc3s2)C1. The predicted molar refractivity (Wildman–Crippen MR) is 91.5 cm³/mol. The Kier molecular flexibility index (Phi) is 4.35. The molecule has 122 valence electrons. The topological polar surface area (TPSA) is 62.3 Å². The fourth-order valence-electron chi connectivity index (χ4n) is 3.07. The molecule has 0 bridgehead atoms. The highest BCUT2D eigenvalue weighted by atomic mass is 32.1. The molecular weight excluding hydrogens is 310 g/mol. The summed E-state index contributed by atoms with van der Waals surface area (Å²) in [6, 6.07) is 7.75. The minimum atomic E-state index is -0.513. The number of piperidine rings is 1. The average Bonchev–Trinajstić information content (AvgIpc) is 2.98. The minimum absolute atomic E-state index is 0.0294. The second kappa shape index (κ2) is 6.28. The molecule has 1 aliphatic rings. The van der Waals surface area contributed by atoms with Crippen molar-refractivity contribution in [2.75, 3.05) is 19.6 Å². The summed E-state index contributed by atoms with van der Waals surface area (Å²) in [5.41, 5.74) is 0.338. The fraction of sp³-hybridized carbons (Fsp3) is 0.471. The zero-order valence-corrected chi connectivity index (χ0v) is 14.3. The number of amides is 2. The van der Waals surface area contributed by atoms with E-state index >= 15 is 0 Å². The van der Waals surface area contributed by atoms with Crippen molar-refractivity contribution in [2.24, 2.45) is 5.41 Å². The summed E-state index contributed by atoms with van der Waals surface area (Å²) in [6.07, 6.45) is 1.65. The highest BCUT2D eigenvalue weighted by Crippen LogP contribution is 2.31. The van der Waals surface area contributed by atoms with Crippen molar-refractivity contribution >= 4 is 33.4 Å². The zero-order chi connectivity index (χ0) is 16.4. The minimum Gasteiger partial charge on any atom is -0.356 e. The highest BCUT2D eigenvalue weighted by molar-refractivity contribution is 7.20.